The van der Waals surface area contributed by atoms with E-state index in [0.717, 1.165) is 19.3 Å². The van der Waals surface area contributed by atoms with Crippen LogP contribution in [-0.4, -0.2) is 54.8 Å². The summed E-state index contributed by atoms with van der Waals surface area (Å²) in [5.41, 5.74) is 0.534. The first-order valence-corrected chi connectivity index (χ1v) is 7.86. The van der Waals surface area contributed by atoms with Crippen LogP contribution in [0.2, 0.25) is 0 Å². The zero-order chi connectivity index (χ0) is 16.7. The maximum atomic E-state index is 12.6. The number of carbonyl (C=O) groups excluding carboxylic acids is 1. The van der Waals surface area contributed by atoms with Gasteiger partial charge in [-0.15, -0.1) is 0 Å². The highest BCUT2D eigenvalue weighted by atomic mass is 16.5. The Bertz CT molecular complexity index is 546. The average Bonchev–Trinajstić information content (AvgIpc) is 2.98. The second-order valence-electron chi connectivity index (χ2n) is 5.62. The monoisotopic (exact) mass is 321 g/mol. The lowest BCUT2D eigenvalue weighted by Crippen LogP contribution is -2.36. The molecule has 1 aromatic carbocycles. The molecule has 1 fully saturated rings. The maximum absolute atomic E-state index is 12.6. The quantitative estimate of drug-likeness (QED) is 0.743. The average molecular weight is 321 g/mol. The predicted molar refractivity (Wildman–Crippen MR) is 84.7 cm³/mol. The molecule has 0 bridgehead atoms. The molecule has 0 aliphatic carbocycles. The van der Waals surface area contributed by atoms with E-state index in [4.69, 9.17) is 14.6 Å². The second-order valence-corrected chi connectivity index (χ2v) is 5.62. The number of ether oxygens (including phenoxy) is 2. The van der Waals surface area contributed by atoms with Gasteiger partial charge in [-0.05, 0) is 31.0 Å². The summed E-state index contributed by atoms with van der Waals surface area (Å²) < 4.78 is 10.6. The van der Waals surface area contributed by atoms with Crippen molar-refractivity contribution in [1.82, 2.24) is 4.90 Å². The van der Waals surface area contributed by atoms with Crippen molar-refractivity contribution < 1.29 is 24.2 Å². The van der Waals surface area contributed by atoms with Crippen molar-refractivity contribution in [2.45, 2.75) is 31.7 Å². The molecular formula is C17H23NO5. The van der Waals surface area contributed by atoms with Gasteiger partial charge < -0.3 is 19.5 Å². The topological polar surface area (TPSA) is 76.1 Å². The Kier molecular flexibility index (Phi) is 6.40. The summed E-state index contributed by atoms with van der Waals surface area (Å²) in [7, 11) is 1.64. The molecule has 1 saturated heterocycles. The molecule has 6 heteroatoms. The Labute approximate surface area is 136 Å². The van der Waals surface area contributed by atoms with Gasteiger partial charge in [-0.1, -0.05) is 6.07 Å². The number of nitrogens with zero attached hydrogens (tertiary/aromatic N) is 1. The van der Waals surface area contributed by atoms with Crippen LogP contribution in [0.3, 0.4) is 0 Å². The van der Waals surface area contributed by atoms with Gasteiger partial charge in [0.2, 0.25) is 0 Å². The van der Waals surface area contributed by atoms with Crippen LogP contribution in [0, 0.1) is 0 Å². The first-order valence-electron chi connectivity index (χ1n) is 7.86. The summed E-state index contributed by atoms with van der Waals surface area (Å²) in [6.45, 7) is 1.76. The SMILES string of the molecule is COCCCOc1cccc(C(=O)N2CCCC2CC(=O)O)c1. The summed E-state index contributed by atoms with van der Waals surface area (Å²) in [5, 5.41) is 8.96. The minimum Gasteiger partial charge on any atom is -0.493 e. The number of benzene rings is 1. The van der Waals surface area contributed by atoms with Gasteiger partial charge >= 0.3 is 5.97 Å². The van der Waals surface area contributed by atoms with Gasteiger partial charge in [-0.25, -0.2) is 0 Å². The third-order valence-corrected chi connectivity index (χ3v) is 3.89. The summed E-state index contributed by atoms with van der Waals surface area (Å²) in [5.74, 6) is -0.359. The Morgan fingerprint density at radius 1 is 1.35 bits per heavy atom. The molecule has 23 heavy (non-hydrogen) atoms. The normalized spacial score (nSPS) is 17.3. The van der Waals surface area contributed by atoms with E-state index in [1.165, 1.54) is 0 Å². The number of likely N-dealkylation sites (tertiary alicyclic amines) is 1. The fourth-order valence-corrected chi connectivity index (χ4v) is 2.79. The van der Waals surface area contributed by atoms with Crippen LogP contribution >= 0.6 is 0 Å². The smallest absolute Gasteiger partial charge is 0.305 e. The summed E-state index contributed by atoms with van der Waals surface area (Å²) in [6.07, 6.45) is 2.36. The molecule has 1 aliphatic heterocycles. The van der Waals surface area contributed by atoms with Gasteiger partial charge in [-0.2, -0.15) is 0 Å². The number of amides is 1. The lowest BCUT2D eigenvalue weighted by Gasteiger charge is -2.23. The van der Waals surface area contributed by atoms with Crippen LogP contribution in [-0.2, 0) is 9.53 Å². The van der Waals surface area contributed by atoms with Crippen LogP contribution in [0.1, 0.15) is 36.0 Å². The van der Waals surface area contributed by atoms with E-state index < -0.39 is 5.97 Å². The summed E-state index contributed by atoms with van der Waals surface area (Å²) in [6, 6.07) is 6.82. The fraction of sp³-hybridized carbons (Fsp3) is 0.529. The molecule has 6 nitrogen and oxygen atoms in total. The molecule has 0 saturated carbocycles. The predicted octanol–water partition coefficient (Wildman–Crippen LogP) is 2.18. The van der Waals surface area contributed by atoms with Gasteiger partial charge in [0.15, 0.2) is 0 Å². The van der Waals surface area contributed by atoms with Gasteiger partial charge in [-0.3, -0.25) is 9.59 Å². The minimum absolute atomic E-state index is 0.00104. The molecule has 1 aromatic rings. The molecule has 126 valence electrons. The van der Waals surface area contributed by atoms with Crippen molar-refractivity contribution in [1.29, 1.82) is 0 Å². The van der Waals surface area contributed by atoms with Crippen molar-refractivity contribution >= 4 is 11.9 Å². The van der Waals surface area contributed by atoms with Crippen LogP contribution in [0.4, 0.5) is 0 Å². The zero-order valence-corrected chi connectivity index (χ0v) is 13.4. The molecule has 0 spiro atoms. The molecule has 1 amide bonds. The van der Waals surface area contributed by atoms with Crippen LogP contribution in [0.25, 0.3) is 0 Å². The van der Waals surface area contributed by atoms with Crippen molar-refractivity contribution in [2.24, 2.45) is 0 Å². The zero-order valence-electron chi connectivity index (χ0n) is 13.4. The van der Waals surface area contributed by atoms with E-state index in [0.29, 0.717) is 31.1 Å². The van der Waals surface area contributed by atoms with Gasteiger partial charge in [0, 0.05) is 38.3 Å². The number of hydrogen-bond donors (Lipinski definition) is 1. The van der Waals surface area contributed by atoms with E-state index in [1.54, 1.807) is 30.2 Å². The number of aliphatic carboxylic acids is 1. The Morgan fingerprint density at radius 3 is 2.91 bits per heavy atom. The summed E-state index contributed by atoms with van der Waals surface area (Å²) in [4.78, 5) is 25.2. The lowest BCUT2D eigenvalue weighted by atomic mass is 10.1. The third-order valence-electron chi connectivity index (χ3n) is 3.89. The Balaban J connectivity index is 1.99. The molecule has 1 N–H and O–H groups in total. The number of hydrogen-bond acceptors (Lipinski definition) is 4. The fourth-order valence-electron chi connectivity index (χ4n) is 2.79. The molecule has 1 atom stereocenters. The molecule has 1 unspecified atom stereocenters. The second kappa shape index (κ2) is 8.53. The first kappa shape index (κ1) is 17.3. The highest BCUT2D eigenvalue weighted by molar-refractivity contribution is 5.95. The maximum Gasteiger partial charge on any atom is 0.305 e. The highest BCUT2D eigenvalue weighted by Crippen LogP contribution is 2.24. The first-order chi connectivity index (χ1) is 11.1. The molecule has 2 rings (SSSR count). The largest absolute Gasteiger partial charge is 0.493 e. The van der Waals surface area contributed by atoms with E-state index in [-0.39, 0.29) is 18.4 Å². The number of rotatable bonds is 8. The van der Waals surface area contributed by atoms with Crippen molar-refractivity contribution in [3.63, 3.8) is 0 Å². The van der Waals surface area contributed by atoms with Crippen molar-refractivity contribution in [2.75, 3.05) is 26.9 Å². The Morgan fingerprint density at radius 2 is 2.17 bits per heavy atom. The standard InChI is InChI=1S/C17H23NO5/c1-22-9-4-10-23-15-7-2-5-13(11-15)17(21)18-8-3-6-14(18)12-16(19)20/h2,5,7,11,14H,3-4,6,8-10,12H2,1H3,(H,19,20). The minimum atomic E-state index is -0.870. The molecular weight excluding hydrogens is 298 g/mol. The van der Waals surface area contributed by atoms with E-state index in [2.05, 4.69) is 0 Å². The number of carbonyl (C=O) groups is 2. The van der Waals surface area contributed by atoms with Crippen LogP contribution < -0.4 is 4.74 Å². The molecule has 0 aromatic heterocycles. The molecule has 0 radical (unpaired) electrons. The highest BCUT2D eigenvalue weighted by Gasteiger charge is 2.31. The van der Waals surface area contributed by atoms with Crippen LogP contribution in [0.15, 0.2) is 24.3 Å². The molecule has 1 aliphatic rings. The van der Waals surface area contributed by atoms with E-state index >= 15 is 0 Å². The van der Waals surface area contributed by atoms with Crippen molar-refractivity contribution in [3.05, 3.63) is 29.8 Å². The number of carboxylic acid groups (broad SMARTS) is 1. The number of methoxy groups -OCH3 is 1. The van der Waals surface area contributed by atoms with Gasteiger partial charge in [0.1, 0.15) is 5.75 Å². The molecule has 1 heterocycles. The third kappa shape index (κ3) is 4.96. The lowest BCUT2D eigenvalue weighted by molar-refractivity contribution is -0.137. The summed E-state index contributed by atoms with van der Waals surface area (Å²) >= 11 is 0. The van der Waals surface area contributed by atoms with Gasteiger partial charge in [0.05, 0.1) is 13.0 Å². The van der Waals surface area contributed by atoms with E-state index in [1.807, 2.05) is 6.07 Å². The number of carboxylic acids is 1. The van der Waals surface area contributed by atoms with Gasteiger partial charge in [0.25, 0.3) is 5.91 Å². The van der Waals surface area contributed by atoms with E-state index in [9.17, 15) is 9.59 Å². The van der Waals surface area contributed by atoms with Crippen LogP contribution in [0.5, 0.6) is 5.75 Å². The van der Waals surface area contributed by atoms with Crippen molar-refractivity contribution in [3.8, 4) is 5.75 Å². The Hall–Kier alpha value is -2.08.